The molecular weight excluding hydrogens is 110 g/mol. The van der Waals surface area contributed by atoms with Gasteiger partial charge in [0.25, 0.3) is 0 Å². The topological polar surface area (TPSA) is 0 Å². The van der Waals surface area contributed by atoms with Crippen molar-refractivity contribution in [3.05, 3.63) is 0 Å². The number of hydrogen-bond acceptors (Lipinski definition) is 0. The molecular formula is H6BNaSiTi. The Bertz CT molecular complexity index is 8.00. The average molecular weight is 116 g/mol. The first-order valence-corrected chi connectivity index (χ1v) is 8.25. The van der Waals surface area contributed by atoms with Crippen LogP contribution in [0.3, 0.4) is 0 Å². The van der Waals surface area contributed by atoms with E-state index in [4.69, 9.17) is 0 Å². The van der Waals surface area contributed by atoms with E-state index in [0.29, 0.717) is 18.2 Å². The van der Waals surface area contributed by atoms with Gasteiger partial charge in [-0.25, -0.2) is 0 Å². The van der Waals surface area contributed by atoms with Gasteiger partial charge in [0.05, 0.1) is 0 Å². The monoisotopic (exact) mass is 116 g/mol. The summed E-state index contributed by atoms with van der Waals surface area (Å²) in [6.07, 6.45) is 0. The summed E-state index contributed by atoms with van der Waals surface area (Å²) in [6, 6.07) is 2.31. The van der Waals surface area contributed by atoms with Crippen LogP contribution in [0.5, 0.6) is 0 Å². The fraction of sp³-hybridized carbons (Fsp3) is 0. The van der Waals surface area contributed by atoms with Crippen LogP contribution < -0.4 is 0 Å². The molecule has 0 spiro atoms. The standard InChI is InChI=1S/BH2.Na.H3Si.Ti.H/h1H2;;1H3;;/q+1;;;-1;. The van der Waals surface area contributed by atoms with Crippen molar-refractivity contribution in [2.24, 2.45) is 0 Å². The van der Waals surface area contributed by atoms with Gasteiger partial charge in [0, 0.05) is 0 Å². The Labute approximate surface area is 61.1 Å². The molecule has 0 unspecified atom stereocenters. The first-order chi connectivity index (χ1) is 1.41. The van der Waals surface area contributed by atoms with E-state index < -0.39 is 0 Å². The molecule has 0 bridgehead atoms. The summed E-state index contributed by atoms with van der Waals surface area (Å²) in [5, 5.41) is 0. The fourth-order valence-corrected chi connectivity index (χ4v) is 0. The summed E-state index contributed by atoms with van der Waals surface area (Å²) >= 11 is 0.639. The molecule has 0 aromatic rings. The zero-order valence-electron chi connectivity index (χ0n) is 2.50. The summed E-state index contributed by atoms with van der Waals surface area (Å²) in [6.45, 7) is 0. The molecule has 0 saturated heterocycles. The molecule has 0 nitrogen and oxygen atoms in total. The Morgan fingerprint density at radius 1 is 1.75 bits per heavy atom. The number of hydrogen-bond donors (Lipinski definition) is 0. The molecule has 18 valence electrons. The molecule has 4 heteroatoms. The van der Waals surface area contributed by atoms with Crippen molar-refractivity contribution >= 4 is 43.7 Å². The van der Waals surface area contributed by atoms with Gasteiger partial charge < -0.3 is 0 Å². The predicted octanol–water partition coefficient (Wildman–Crippen LogP) is -2.75. The summed E-state index contributed by atoms with van der Waals surface area (Å²) in [5.41, 5.74) is 0. The van der Waals surface area contributed by atoms with Crippen LogP contribution in [-0.4, -0.2) is 43.7 Å². The first kappa shape index (κ1) is 9.37. The van der Waals surface area contributed by atoms with Crippen molar-refractivity contribution in [3.63, 3.8) is 0 Å². The van der Waals surface area contributed by atoms with E-state index in [9.17, 15) is 0 Å². The third kappa shape index (κ3) is 9.00. The van der Waals surface area contributed by atoms with Gasteiger partial charge in [-0.15, -0.1) is 0 Å². The molecule has 0 aromatic heterocycles. The Hall–Kier alpha value is 2.00. The average Bonchev–Trinajstić information content (AvgIpc) is 0.918. The van der Waals surface area contributed by atoms with Gasteiger partial charge >= 0.3 is 61.9 Å². The molecule has 0 radical (unpaired) electrons. The molecule has 0 N–H and O–H groups in total. The summed E-state index contributed by atoms with van der Waals surface area (Å²) in [4.78, 5) is 0. The SMILES string of the molecule is [BH2][Ti][SiH3].[NaH]. The van der Waals surface area contributed by atoms with Gasteiger partial charge in [0.2, 0.25) is 0 Å². The predicted molar refractivity (Wildman–Crippen MR) is 25.6 cm³/mol. The van der Waals surface area contributed by atoms with Crippen molar-refractivity contribution in [1.82, 2.24) is 0 Å². The van der Waals surface area contributed by atoms with Crippen LogP contribution in [0.4, 0.5) is 0 Å². The van der Waals surface area contributed by atoms with Crippen LogP contribution in [0.25, 0.3) is 0 Å². The molecule has 4 heavy (non-hydrogen) atoms. The molecule has 0 aliphatic carbocycles. The second kappa shape index (κ2) is 8.89. The van der Waals surface area contributed by atoms with Gasteiger partial charge in [-0.2, -0.15) is 0 Å². The van der Waals surface area contributed by atoms with Crippen LogP contribution >= 0.6 is 0 Å². The van der Waals surface area contributed by atoms with E-state index in [0.717, 1.165) is 0 Å². The summed E-state index contributed by atoms with van der Waals surface area (Å²) < 4.78 is 0. The maximum atomic E-state index is 2.31. The minimum atomic E-state index is 0. The molecule has 0 saturated carbocycles. The van der Waals surface area contributed by atoms with Crippen LogP contribution in [0.15, 0.2) is 0 Å². The quantitative estimate of drug-likeness (QED) is 0.301. The molecule has 0 amide bonds. The van der Waals surface area contributed by atoms with E-state index in [-0.39, 0.29) is 29.6 Å². The van der Waals surface area contributed by atoms with Crippen LogP contribution in [0.1, 0.15) is 0 Å². The van der Waals surface area contributed by atoms with E-state index in [1.165, 1.54) is 8.11 Å². The van der Waals surface area contributed by atoms with Gasteiger partial charge in [-0.1, -0.05) is 0 Å². The number of rotatable bonds is 0. The van der Waals surface area contributed by atoms with E-state index >= 15 is 0 Å². The van der Waals surface area contributed by atoms with Crippen molar-refractivity contribution in [3.8, 4) is 0 Å². The molecule has 0 aromatic carbocycles. The van der Waals surface area contributed by atoms with Gasteiger partial charge in [0.1, 0.15) is 0 Å². The Morgan fingerprint density at radius 2 is 1.75 bits per heavy atom. The minimum absolute atomic E-state index is 0. The van der Waals surface area contributed by atoms with Crippen molar-refractivity contribution in [2.45, 2.75) is 0 Å². The van der Waals surface area contributed by atoms with E-state index in [2.05, 4.69) is 6.02 Å². The molecule has 0 aliphatic rings. The van der Waals surface area contributed by atoms with Crippen LogP contribution in [0, 0.1) is 0 Å². The molecule has 0 heterocycles. The third-order valence-electron chi connectivity index (χ3n) is 0. The van der Waals surface area contributed by atoms with Crippen molar-refractivity contribution < 1.29 is 18.2 Å². The second-order valence-electron chi connectivity index (χ2n) is 0.500. The molecule has 0 atom stereocenters. The van der Waals surface area contributed by atoms with Gasteiger partial charge in [0.15, 0.2) is 0 Å². The Morgan fingerprint density at radius 3 is 1.75 bits per heavy atom. The fourth-order valence-electron chi connectivity index (χ4n) is 0. The Balaban J connectivity index is 0. The third-order valence-corrected chi connectivity index (χ3v) is 0. The summed E-state index contributed by atoms with van der Waals surface area (Å²) in [5.74, 6) is 0. The van der Waals surface area contributed by atoms with Crippen molar-refractivity contribution in [2.75, 3.05) is 0 Å². The van der Waals surface area contributed by atoms with Crippen LogP contribution in [0.2, 0.25) is 0 Å². The van der Waals surface area contributed by atoms with Crippen LogP contribution in [-0.2, 0) is 18.2 Å². The second-order valence-corrected chi connectivity index (χ2v) is 6.18. The first-order valence-electron chi connectivity index (χ1n) is 1.00. The van der Waals surface area contributed by atoms with E-state index in [1.807, 2.05) is 0 Å². The van der Waals surface area contributed by atoms with Gasteiger partial charge in [-0.05, 0) is 0 Å². The molecule has 0 fully saturated rings. The molecule has 0 aliphatic heterocycles. The van der Waals surface area contributed by atoms with E-state index in [1.54, 1.807) is 0 Å². The summed E-state index contributed by atoms with van der Waals surface area (Å²) in [7, 11) is 1.49. The zero-order chi connectivity index (χ0) is 2.71. The van der Waals surface area contributed by atoms with Crippen molar-refractivity contribution in [1.29, 1.82) is 0 Å². The normalized spacial score (nSPS) is 4.00. The maximum absolute atomic E-state index is 2.31. The van der Waals surface area contributed by atoms with Gasteiger partial charge in [-0.3, -0.25) is 0 Å². The molecule has 0 rings (SSSR count). The Kier molecular flexibility index (Phi) is 20.8. The zero-order valence-corrected chi connectivity index (χ0v) is 6.06.